The van der Waals surface area contributed by atoms with Crippen LogP contribution in [0.15, 0.2) is 44.3 Å². The monoisotopic (exact) mass is 560 g/mol. The number of rotatable bonds is 9. The van der Waals surface area contributed by atoms with Crippen molar-refractivity contribution in [3.05, 3.63) is 68.0 Å². The van der Waals surface area contributed by atoms with Crippen molar-refractivity contribution in [1.29, 1.82) is 5.26 Å². The Kier molecular flexibility index (Phi) is 8.59. The number of nitrogens with zero attached hydrogens (tertiary/aromatic N) is 3. The maximum absolute atomic E-state index is 12.1. The molecule has 0 fully saturated rings. The summed E-state index contributed by atoms with van der Waals surface area (Å²) in [4.78, 5) is 27.6. The summed E-state index contributed by atoms with van der Waals surface area (Å²) in [5.74, 6) is -1.02. The van der Waals surface area contributed by atoms with Crippen LogP contribution in [0.4, 0.5) is 0 Å². The van der Waals surface area contributed by atoms with Gasteiger partial charge in [0.1, 0.15) is 23.2 Å². The minimum Gasteiger partial charge on any atom is -0.478 e. The quantitative estimate of drug-likeness (QED) is 0.290. The number of hydrazone groups is 1. The van der Waals surface area contributed by atoms with Gasteiger partial charge < -0.3 is 19.0 Å². The number of aryl methyl sites for hydroxylation is 1. The van der Waals surface area contributed by atoms with Crippen LogP contribution in [0, 0.1) is 18.3 Å². The molecule has 10 nitrogen and oxygen atoms in total. The van der Waals surface area contributed by atoms with Gasteiger partial charge in [0, 0.05) is 22.7 Å². The SMILES string of the molecule is COCc1c(Br)c(C)nc(OCC(=O)N/N=C/c2ccc(-c3ccc(Cl)c(C(=O)O)c3)o2)c1C#N. The van der Waals surface area contributed by atoms with Gasteiger partial charge in [0.05, 0.1) is 29.1 Å². The van der Waals surface area contributed by atoms with E-state index >= 15 is 0 Å². The summed E-state index contributed by atoms with van der Waals surface area (Å²) in [6.07, 6.45) is 1.27. The summed E-state index contributed by atoms with van der Waals surface area (Å²) >= 11 is 9.27. The van der Waals surface area contributed by atoms with Gasteiger partial charge in [0.15, 0.2) is 6.61 Å². The Labute approximate surface area is 213 Å². The third-order valence-electron chi connectivity index (χ3n) is 4.60. The summed E-state index contributed by atoms with van der Waals surface area (Å²) in [6, 6.07) is 9.74. The van der Waals surface area contributed by atoms with E-state index in [0.29, 0.717) is 32.8 Å². The predicted molar refractivity (Wildman–Crippen MR) is 129 cm³/mol. The fourth-order valence-electron chi connectivity index (χ4n) is 2.97. The number of halogens is 2. The Morgan fingerprint density at radius 1 is 1.37 bits per heavy atom. The molecular formula is C23H18BrClN4O6. The van der Waals surface area contributed by atoms with Crippen molar-refractivity contribution < 1.29 is 28.6 Å². The number of carboxylic acid groups (broad SMARTS) is 1. The van der Waals surface area contributed by atoms with Crippen LogP contribution >= 0.6 is 27.5 Å². The number of carbonyl (C=O) groups is 2. The molecule has 0 saturated heterocycles. The normalized spacial score (nSPS) is 10.8. The maximum Gasteiger partial charge on any atom is 0.337 e. The van der Waals surface area contributed by atoms with E-state index in [1.165, 1.54) is 25.5 Å². The van der Waals surface area contributed by atoms with E-state index < -0.39 is 18.5 Å². The second-order valence-corrected chi connectivity index (χ2v) is 8.20. The van der Waals surface area contributed by atoms with Crippen LogP contribution in [0.2, 0.25) is 5.02 Å². The zero-order valence-electron chi connectivity index (χ0n) is 18.5. The third-order valence-corrected chi connectivity index (χ3v) is 5.98. The molecule has 0 spiro atoms. The Hall–Kier alpha value is -3.72. The number of furan rings is 1. The number of ether oxygens (including phenoxy) is 2. The lowest BCUT2D eigenvalue weighted by Gasteiger charge is -2.13. The summed E-state index contributed by atoms with van der Waals surface area (Å²) in [5.41, 5.74) is 4.07. The Bertz CT molecular complexity index is 1350. The average Bonchev–Trinajstić information content (AvgIpc) is 3.30. The Morgan fingerprint density at radius 2 is 2.14 bits per heavy atom. The van der Waals surface area contributed by atoms with Gasteiger partial charge in [-0.05, 0) is 53.2 Å². The van der Waals surface area contributed by atoms with Gasteiger partial charge in [-0.1, -0.05) is 11.6 Å². The highest BCUT2D eigenvalue weighted by Gasteiger charge is 2.18. The lowest BCUT2D eigenvalue weighted by Crippen LogP contribution is -2.25. The molecule has 3 rings (SSSR count). The lowest BCUT2D eigenvalue weighted by molar-refractivity contribution is -0.123. The van der Waals surface area contributed by atoms with E-state index in [4.69, 9.17) is 25.5 Å². The highest BCUT2D eigenvalue weighted by atomic mass is 79.9. The lowest BCUT2D eigenvalue weighted by atomic mass is 10.1. The molecule has 0 aliphatic carbocycles. The van der Waals surface area contributed by atoms with Crippen molar-refractivity contribution in [3.63, 3.8) is 0 Å². The van der Waals surface area contributed by atoms with Crippen molar-refractivity contribution in [2.45, 2.75) is 13.5 Å². The van der Waals surface area contributed by atoms with Gasteiger partial charge in [0.25, 0.3) is 5.91 Å². The highest BCUT2D eigenvalue weighted by molar-refractivity contribution is 9.10. The van der Waals surface area contributed by atoms with Crippen LogP contribution in [0.5, 0.6) is 5.88 Å². The molecular weight excluding hydrogens is 544 g/mol. The first-order valence-corrected chi connectivity index (χ1v) is 11.1. The van der Waals surface area contributed by atoms with Crippen LogP contribution in [-0.4, -0.2) is 41.9 Å². The van der Waals surface area contributed by atoms with E-state index in [9.17, 15) is 20.0 Å². The Morgan fingerprint density at radius 3 is 2.83 bits per heavy atom. The van der Waals surface area contributed by atoms with E-state index in [0.717, 1.165) is 0 Å². The van der Waals surface area contributed by atoms with E-state index in [1.54, 1.807) is 25.1 Å². The average molecular weight is 562 g/mol. The van der Waals surface area contributed by atoms with E-state index in [2.05, 4.69) is 31.4 Å². The molecule has 1 aromatic carbocycles. The second-order valence-electron chi connectivity index (χ2n) is 7.00. The van der Waals surface area contributed by atoms with Gasteiger partial charge in [-0.2, -0.15) is 10.4 Å². The standard InChI is InChI=1S/C23H18BrClN4O6/c1-12-21(24)17(10-33-2)16(8-26)22(28-12)34-11-20(30)29-27-9-14-4-6-19(35-14)13-3-5-18(25)15(7-13)23(31)32/h3-7,9H,10-11H2,1-2H3,(H,29,30)(H,31,32)/b27-9+. The van der Waals surface area contributed by atoms with Crippen molar-refractivity contribution in [2.75, 3.05) is 13.7 Å². The van der Waals surface area contributed by atoms with Crippen molar-refractivity contribution in [1.82, 2.24) is 10.4 Å². The first kappa shape index (κ1) is 25.9. The molecule has 0 aliphatic heterocycles. The summed E-state index contributed by atoms with van der Waals surface area (Å²) in [5, 5.41) is 22.6. The summed E-state index contributed by atoms with van der Waals surface area (Å²) < 4.78 is 16.8. The first-order chi connectivity index (χ1) is 16.7. The highest BCUT2D eigenvalue weighted by Crippen LogP contribution is 2.30. The van der Waals surface area contributed by atoms with E-state index in [1.807, 2.05) is 6.07 Å². The van der Waals surface area contributed by atoms with Crippen molar-refractivity contribution >= 4 is 45.6 Å². The van der Waals surface area contributed by atoms with Crippen LogP contribution in [0.3, 0.4) is 0 Å². The van der Waals surface area contributed by atoms with Crippen LogP contribution < -0.4 is 10.2 Å². The predicted octanol–water partition coefficient (Wildman–Crippen LogP) is 4.31. The smallest absolute Gasteiger partial charge is 0.337 e. The van der Waals surface area contributed by atoms with Gasteiger partial charge in [-0.25, -0.2) is 15.2 Å². The second kappa shape index (κ2) is 11.6. The molecule has 35 heavy (non-hydrogen) atoms. The number of aromatic nitrogens is 1. The molecule has 0 atom stereocenters. The molecule has 0 unspecified atom stereocenters. The van der Waals surface area contributed by atoms with Crippen molar-refractivity contribution in [2.24, 2.45) is 5.10 Å². The topological polar surface area (TPSA) is 147 Å². The third kappa shape index (κ3) is 6.24. The molecule has 0 bridgehead atoms. The number of hydrogen-bond donors (Lipinski definition) is 2. The molecule has 2 heterocycles. The number of carbonyl (C=O) groups excluding carboxylic acids is 1. The molecule has 0 radical (unpaired) electrons. The van der Waals surface area contributed by atoms with Gasteiger partial charge in [-0.15, -0.1) is 0 Å². The van der Waals surface area contributed by atoms with Crippen LogP contribution in [0.1, 0.15) is 32.9 Å². The number of benzene rings is 1. The van der Waals surface area contributed by atoms with Gasteiger partial charge in [0.2, 0.25) is 5.88 Å². The van der Waals surface area contributed by atoms with Crippen molar-refractivity contribution in [3.8, 4) is 23.3 Å². The van der Waals surface area contributed by atoms with Gasteiger partial charge in [-0.3, -0.25) is 4.79 Å². The fourth-order valence-corrected chi connectivity index (χ4v) is 3.57. The largest absolute Gasteiger partial charge is 0.478 e. The Balaban J connectivity index is 1.63. The fraction of sp³-hybridized carbons (Fsp3) is 0.174. The van der Waals surface area contributed by atoms with Crippen LogP contribution in [-0.2, 0) is 16.1 Å². The van der Waals surface area contributed by atoms with Gasteiger partial charge >= 0.3 is 5.97 Å². The maximum atomic E-state index is 12.1. The molecule has 3 aromatic rings. The summed E-state index contributed by atoms with van der Waals surface area (Å²) in [7, 11) is 1.50. The molecule has 1 amide bonds. The zero-order valence-corrected chi connectivity index (χ0v) is 20.8. The minimum absolute atomic E-state index is 0.0127. The zero-order chi connectivity index (χ0) is 25.5. The first-order valence-electron chi connectivity index (χ1n) is 9.90. The molecule has 180 valence electrons. The number of pyridine rings is 1. The number of methoxy groups -OCH3 is 1. The summed E-state index contributed by atoms with van der Waals surface area (Å²) in [6.45, 7) is 1.46. The minimum atomic E-state index is -1.15. The molecule has 0 saturated carbocycles. The number of carboxylic acids is 1. The number of nitrogens with one attached hydrogen (secondary N) is 1. The number of aromatic carboxylic acids is 1. The molecule has 2 aromatic heterocycles. The number of hydrogen-bond acceptors (Lipinski definition) is 8. The van der Waals surface area contributed by atoms with Crippen LogP contribution in [0.25, 0.3) is 11.3 Å². The molecule has 12 heteroatoms. The number of amides is 1. The molecule has 2 N–H and O–H groups in total. The number of nitriles is 1. The molecule has 0 aliphatic rings. The van der Waals surface area contributed by atoms with E-state index in [-0.39, 0.29) is 28.6 Å².